The highest BCUT2D eigenvalue weighted by molar-refractivity contribution is 5.92. The molecule has 1 aliphatic rings. The van der Waals surface area contributed by atoms with Crippen LogP contribution >= 0.6 is 0 Å². The molecule has 0 bridgehead atoms. The summed E-state index contributed by atoms with van der Waals surface area (Å²) < 4.78 is 10.3. The number of carbonyl (C=O) groups is 1. The number of likely N-dealkylation sites (tertiary alicyclic amines) is 1. The summed E-state index contributed by atoms with van der Waals surface area (Å²) in [5, 5.41) is 4.28. The molecule has 9 nitrogen and oxygen atoms in total. The summed E-state index contributed by atoms with van der Waals surface area (Å²) in [6.07, 6.45) is 2.39. The number of amides is 1. The number of fused-ring (bicyclic) bond motifs is 1. The average Bonchev–Trinajstić information content (AvgIpc) is 3.36. The molecule has 3 aromatic heterocycles. The highest BCUT2D eigenvalue weighted by atomic mass is 16.5. The number of aromatic nitrogens is 5. The fourth-order valence-electron chi connectivity index (χ4n) is 3.80. The van der Waals surface area contributed by atoms with Crippen molar-refractivity contribution in [2.45, 2.75) is 25.9 Å². The lowest BCUT2D eigenvalue weighted by Crippen LogP contribution is -2.32. The zero-order chi connectivity index (χ0) is 19.8. The third-order valence-electron chi connectivity index (χ3n) is 5.39. The van der Waals surface area contributed by atoms with Gasteiger partial charge in [0.25, 0.3) is 5.91 Å². The Labute approximate surface area is 162 Å². The van der Waals surface area contributed by atoms with Gasteiger partial charge in [-0.05, 0) is 31.5 Å². The molecule has 28 heavy (non-hydrogen) atoms. The molecular weight excluding hydrogens is 360 g/mol. The smallest absolute Gasteiger partial charge is 0.330 e. The van der Waals surface area contributed by atoms with Gasteiger partial charge in [0.05, 0.1) is 24.7 Å². The molecule has 0 saturated carbocycles. The first-order chi connectivity index (χ1) is 13.5. The summed E-state index contributed by atoms with van der Waals surface area (Å²) in [6, 6.07) is 5.40. The molecule has 0 radical (unpaired) electrons. The quantitative estimate of drug-likeness (QED) is 0.654. The fourth-order valence-corrected chi connectivity index (χ4v) is 3.80. The Bertz CT molecular complexity index is 1060. The van der Waals surface area contributed by atoms with E-state index in [2.05, 4.69) is 10.1 Å². The van der Waals surface area contributed by atoms with E-state index < -0.39 is 0 Å². The van der Waals surface area contributed by atoms with Gasteiger partial charge in [-0.25, -0.2) is 9.78 Å². The minimum atomic E-state index is -0.112. The van der Waals surface area contributed by atoms with Crippen molar-refractivity contribution in [2.24, 2.45) is 7.05 Å². The molecule has 0 unspecified atom stereocenters. The topological polar surface area (TPSA) is 87.2 Å². The van der Waals surface area contributed by atoms with Gasteiger partial charge in [0, 0.05) is 39.1 Å². The second-order valence-corrected chi connectivity index (χ2v) is 7.13. The zero-order valence-corrected chi connectivity index (χ0v) is 16.3. The average molecular weight is 384 g/mol. The normalized spacial score (nSPS) is 17.0. The van der Waals surface area contributed by atoms with Crippen molar-refractivity contribution in [3.63, 3.8) is 0 Å². The Morgan fingerprint density at radius 2 is 2.21 bits per heavy atom. The molecule has 1 saturated heterocycles. The highest BCUT2D eigenvalue weighted by Gasteiger charge is 2.32. The summed E-state index contributed by atoms with van der Waals surface area (Å²) in [4.78, 5) is 32.1. The summed E-state index contributed by atoms with van der Waals surface area (Å²) in [6.45, 7) is 3.88. The van der Waals surface area contributed by atoms with Crippen LogP contribution in [0.2, 0.25) is 0 Å². The van der Waals surface area contributed by atoms with Gasteiger partial charge in [-0.1, -0.05) is 0 Å². The number of rotatable bonds is 5. The van der Waals surface area contributed by atoms with Crippen LogP contribution < -0.4 is 5.69 Å². The van der Waals surface area contributed by atoms with E-state index in [1.807, 2.05) is 26.1 Å². The Hall–Kier alpha value is -2.94. The van der Waals surface area contributed by atoms with E-state index in [9.17, 15) is 9.59 Å². The summed E-state index contributed by atoms with van der Waals surface area (Å²) in [7, 11) is 3.43. The number of hydrogen-bond donors (Lipinski definition) is 0. The lowest BCUT2D eigenvalue weighted by molar-refractivity contribution is 0.0781. The number of nitrogens with zero attached hydrogens (tertiary/aromatic N) is 6. The molecule has 9 heteroatoms. The Morgan fingerprint density at radius 3 is 2.93 bits per heavy atom. The van der Waals surface area contributed by atoms with Crippen molar-refractivity contribution in [3.8, 4) is 0 Å². The molecule has 3 aromatic rings. The molecular formula is C19H24N6O3. The van der Waals surface area contributed by atoms with Crippen molar-refractivity contribution in [1.29, 1.82) is 0 Å². The molecule has 4 heterocycles. The Balaban J connectivity index is 1.64. The monoisotopic (exact) mass is 384 g/mol. The van der Waals surface area contributed by atoms with Gasteiger partial charge in [0.15, 0.2) is 11.3 Å². The van der Waals surface area contributed by atoms with Gasteiger partial charge >= 0.3 is 5.69 Å². The van der Waals surface area contributed by atoms with Crippen molar-refractivity contribution >= 4 is 17.1 Å². The lowest BCUT2D eigenvalue weighted by atomic mass is 10.2. The van der Waals surface area contributed by atoms with E-state index in [1.54, 1.807) is 38.1 Å². The first-order valence-corrected chi connectivity index (χ1v) is 9.36. The van der Waals surface area contributed by atoms with Crippen LogP contribution in [-0.4, -0.2) is 61.5 Å². The third kappa shape index (κ3) is 3.01. The van der Waals surface area contributed by atoms with E-state index in [-0.39, 0.29) is 17.6 Å². The van der Waals surface area contributed by atoms with Crippen LogP contribution in [0.25, 0.3) is 11.2 Å². The Morgan fingerprint density at radius 1 is 1.39 bits per heavy atom. The number of carbonyl (C=O) groups excluding carboxylic acids is 1. The predicted molar refractivity (Wildman–Crippen MR) is 103 cm³/mol. The first kappa shape index (κ1) is 18.4. The van der Waals surface area contributed by atoms with Crippen LogP contribution in [0.1, 0.15) is 28.6 Å². The molecule has 1 atom stereocenters. The van der Waals surface area contributed by atoms with Crippen LogP contribution in [-0.2, 0) is 18.3 Å². The van der Waals surface area contributed by atoms with E-state index in [4.69, 9.17) is 4.74 Å². The van der Waals surface area contributed by atoms with Crippen LogP contribution in [0.3, 0.4) is 0 Å². The van der Waals surface area contributed by atoms with Crippen molar-refractivity contribution in [3.05, 3.63) is 46.3 Å². The number of hydrogen-bond acceptors (Lipinski definition) is 5. The van der Waals surface area contributed by atoms with E-state index in [0.29, 0.717) is 44.0 Å². The second-order valence-electron chi connectivity index (χ2n) is 7.13. The van der Waals surface area contributed by atoms with Crippen LogP contribution in [0.4, 0.5) is 0 Å². The zero-order valence-electron chi connectivity index (χ0n) is 16.3. The molecule has 1 aliphatic heterocycles. The lowest BCUT2D eigenvalue weighted by Gasteiger charge is -2.15. The van der Waals surface area contributed by atoms with Gasteiger partial charge in [-0.15, -0.1) is 0 Å². The van der Waals surface area contributed by atoms with Crippen molar-refractivity contribution < 1.29 is 9.53 Å². The number of imidazole rings is 1. The maximum absolute atomic E-state index is 13.1. The summed E-state index contributed by atoms with van der Waals surface area (Å²) >= 11 is 0. The molecule has 0 N–H and O–H groups in total. The first-order valence-electron chi connectivity index (χ1n) is 9.36. The van der Waals surface area contributed by atoms with Crippen LogP contribution in [0, 0.1) is 6.92 Å². The van der Waals surface area contributed by atoms with E-state index in [1.165, 1.54) is 0 Å². The summed E-state index contributed by atoms with van der Waals surface area (Å²) in [5.41, 5.74) is 2.69. The molecule has 0 aliphatic carbocycles. The SMILES string of the molecule is COCCn1c(=O)n([C@@H]2CCN(C(=O)c3cc(C)n(C)n3)C2)c2ncccc21. The third-order valence-corrected chi connectivity index (χ3v) is 5.39. The number of ether oxygens (including phenoxy) is 1. The molecule has 0 spiro atoms. The number of aryl methyl sites for hydroxylation is 2. The largest absolute Gasteiger partial charge is 0.383 e. The Kier molecular flexibility index (Phi) is 4.76. The van der Waals surface area contributed by atoms with Gasteiger partial charge < -0.3 is 9.64 Å². The van der Waals surface area contributed by atoms with Crippen LogP contribution in [0.5, 0.6) is 0 Å². The van der Waals surface area contributed by atoms with Crippen molar-refractivity contribution in [1.82, 2.24) is 28.8 Å². The molecule has 1 fully saturated rings. The standard InChI is InChI=1S/C19H24N6O3/c1-13-11-15(21-22(13)2)18(26)23-8-6-14(12-23)25-17-16(5-4-7-20-17)24(19(25)27)9-10-28-3/h4-5,7,11,14H,6,8-10,12H2,1-3H3/t14-/m1/s1. The summed E-state index contributed by atoms with van der Waals surface area (Å²) in [5.74, 6) is -0.102. The van der Waals surface area contributed by atoms with Gasteiger partial charge in [0.1, 0.15) is 0 Å². The fraction of sp³-hybridized carbons (Fsp3) is 0.474. The molecule has 148 valence electrons. The number of methoxy groups -OCH3 is 1. The molecule has 0 aromatic carbocycles. The maximum atomic E-state index is 13.1. The van der Waals surface area contributed by atoms with Crippen LogP contribution in [0.15, 0.2) is 29.2 Å². The second kappa shape index (κ2) is 7.23. The van der Waals surface area contributed by atoms with Gasteiger partial charge in [0.2, 0.25) is 0 Å². The minimum Gasteiger partial charge on any atom is -0.383 e. The van der Waals surface area contributed by atoms with Gasteiger partial charge in [-0.3, -0.25) is 18.6 Å². The van der Waals surface area contributed by atoms with E-state index in [0.717, 1.165) is 11.2 Å². The van der Waals surface area contributed by atoms with Gasteiger partial charge in [-0.2, -0.15) is 5.10 Å². The highest BCUT2D eigenvalue weighted by Crippen LogP contribution is 2.25. The molecule has 4 rings (SSSR count). The maximum Gasteiger partial charge on any atom is 0.330 e. The van der Waals surface area contributed by atoms with E-state index >= 15 is 0 Å². The minimum absolute atomic E-state index is 0.102. The molecule has 1 amide bonds. The predicted octanol–water partition coefficient (Wildman–Crippen LogP) is 0.974. The van der Waals surface area contributed by atoms with Crippen molar-refractivity contribution in [2.75, 3.05) is 26.8 Å². The number of pyridine rings is 1.